The van der Waals surface area contributed by atoms with Gasteiger partial charge in [0.2, 0.25) is 5.79 Å². The van der Waals surface area contributed by atoms with Gasteiger partial charge in [-0.05, 0) is 54.9 Å². The smallest absolute Gasteiger partial charge is 0.200 e. The first-order valence-electron chi connectivity index (χ1n) is 8.04. The first kappa shape index (κ1) is 21.8. The van der Waals surface area contributed by atoms with Gasteiger partial charge in [0, 0.05) is 6.42 Å². The zero-order valence-electron chi connectivity index (χ0n) is 15.5. The summed E-state index contributed by atoms with van der Waals surface area (Å²) in [6.45, 7) is 15.0. The van der Waals surface area contributed by atoms with Crippen molar-refractivity contribution in [1.29, 1.82) is 0 Å². The predicted octanol–water partition coefficient (Wildman–Crippen LogP) is 5.03. The fourth-order valence-electron chi connectivity index (χ4n) is 1.35. The summed E-state index contributed by atoms with van der Waals surface area (Å²) in [7, 11) is 0. The maximum atomic E-state index is 5.25. The summed E-state index contributed by atoms with van der Waals surface area (Å²) in [6.07, 6.45) is 4.91. The summed E-state index contributed by atoms with van der Waals surface area (Å²) in [5.41, 5.74) is -0.961. The second-order valence-electron chi connectivity index (χ2n) is 7.64. The van der Waals surface area contributed by atoms with Crippen molar-refractivity contribution in [3.63, 3.8) is 0 Å². The van der Waals surface area contributed by atoms with Crippen LogP contribution in [0.1, 0.15) is 87.5 Å². The van der Waals surface area contributed by atoms with Crippen LogP contribution in [0.2, 0.25) is 0 Å². The highest BCUT2D eigenvalue weighted by Gasteiger charge is 2.32. The number of unbranched alkanes of at least 4 members (excludes halogenated alkanes) is 3. The van der Waals surface area contributed by atoms with E-state index >= 15 is 0 Å². The van der Waals surface area contributed by atoms with Crippen LogP contribution in [-0.2, 0) is 29.6 Å². The highest BCUT2D eigenvalue weighted by atomic mass is 17.6. The van der Waals surface area contributed by atoms with E-state index in [0.29, 0.717) is 6.42 Å². The maximum Gasteiger partial charge on any atom is 0.237 e. The van der Waals surface area contributed by atoms with Gasteiger partial charge in [0.15, 0.2) is 0 Å². The average molecular weight is 322 g/mol. The van der Waals surface area contributed by atoms with E-state index in [1.54, 1.807) is 6.92 Å². The van der Waals surface area contributed by atoms with Gasteiger partial charge in [0.1, 0.15) is 0 Å². The molecule has 0 aliphatic heterocycles. The highest BCUT2D eigenvalue weighted by molar-refractivity contribution is 4.60. The third-order valence-electron chi connectivity index (χ3n) is 2.47. The van der Waals surface area contributed by atoms with Crippen LogP contribution < -0.4 is 0 Å². The maximum absolute atomic E-state index is 5.25. The van der Waals surface area contributed by atoms with Gasteiger partial charge in [0.05, 0.1) is 11.2 Å². The molecule has 0 aromatic carbocycles. The molecule has 0 unspecified atom stereocenters. The molecule has 6 heteroatoms. The van der Waals surface area contributed by atoms with E-state index in [9.17, 15) is 0 Å². The molecular weight excluding hydrogens is 288 g/mol. The standard InChI is InChI=1S/C16H34O6/c1-9-10-11-12-13-16(8,19-21-17-14(2,3)4)20-22-18-15(5,6)7/h9-13H2,1-8H3. The van der Waals surface area contributed by atoms with Crippen LogP contribution >= 0.6 is 0 Å². The summed E-state index contributed by atoms with van der Waals surface area (Å²) in [5, 5.41) is 9.68. The first-order valence-corrected chi connectivity index (χ1v) is 8.04. The van der Waals surface area contributed by atoms with Gasteiger partial charge < -0.3 is 0 Å². The third kappa shape index (κ3) is 13.4. The second-order valence-corrected chi connectivity index (χ2v) is 7.64. The van der Waals surface area contributed by atoms with Gasteiger partial charge in [0.25, 0.3) is 0 Å². The first-order chi connectivity index (χ1) is 9.97. The zero-order valence-corrected chi connectivity index (χ0v) is 15.5. The summed E-state index contributed by atoms with van der Waals surface area (Å²) in [6, 6.07) is 0. The Balaban J connectivity index is 4.33. The molecule has 0 aliphatic rings. The van der Waals surface area contributed by atoms with Crippen LogP contribution in [0.4, 0.5) is 0 Å². The Bertz CT molecular complexity index is 259. The average Bonchev–Trinajstić information content (AvgIpc) is 2.31. The van der Waals surface area contributed by atoms with Gasteiger partial charge in [-0.15, -0.1) is 0 Å². The minimum absolute atomic E-state index is 0.480. The SMILES string of the molecule is CCCCCCC(C)(OOOC(C)(C)C)OOOC(C)(C)C. The molecular formula is C16H34O6. The molecule has 0 aliphatic carbocycles. The molecule has 0 spiro atoms. The predicted molar refractivity (Wildman–Crippen MR) is 83.2 cm³/mol. The lowest BCUT2D eigenvalue weighted by molar-refractivity contribution is -0.657. The Morgan fingerprint density at radius 3 is 1.41 bits per heavy atom. The monoisotopic (exact) mass is 322 g/mol. The number of hydrogen-bond donors (Lipinski definition) is 0. The fraction of sp³-hybridized carbons (Fsp3) is 1.00. The summed E-state index contributed by atoms with van der Waals surface area (Å²) in [4.78, 5) is 20.7. The lowest BCUT2D eigenvalue weighted by atomic mass is 10.1. The molecule has 0 bridgehead atoms. The van der Waals surface area contributed by atoms with Crippen molar-refractivity contribution in [2.75, 3.05) is 0 Å². The van der Waals surface area contributed by atoms with E-state index < -0.39 is 17.0 Å². The molecule has 22 heavy (non-hydrogen) atoms. The van der Waals surface area contributed by atoms with Crippen molar-refractivity contribution >= 4 is 0 Å². The molecule has 0 saturated heterocycles. The van der Waals surface area contributed by atoms with Crippen molar-refractivity contribution in [2.24, 2.45) is 0 Å². The minimum Gasteiger partial charge on any atom is -0.200 e. The Labute approximate surface area is 135 Å². The normalized spacial score (nSPS) is 13.6. The topological polar surface area (TPSA) is 55.4 Å². The van der Waals surface area contributed by atoms with Crippen molar-refractivity contribution in [1.82, 2.24) is 0 Å². The van der Waals surface area contributed by atoms with Crippen LogP contribution in [0.5, 0.6) is 0 Å². The van der Waals surface area contributed by atoms with E-state index in [2.05, 4.69) is 6.92 Å². The fourth-order valence-corrected chi connectivity index (χ4v) is 1.35. The van der Waals surface area contributed by atoms with Gasteiger partial charge in [-0.2, -0.15) is 9.78 Å². The van der Waals surface area contributed by atoms with Crippen molar-refractivity contribution in [3.05, 3.63) is 0 Å². The van der Waals surface area contributed by atoms with Crippen molar-refractivity contribution < 1.29 is 29.6 Å². The lowest BCUT2D eigenvalue weighted by Crippen LogP contribution is -2.35. The Morgan fingerprint density at radius 1 is 0.591 bits per heavy atom. The molecule has 0 rings (SSSR count). The zero-order chi connectivity index (χ0) is 17.3. The molecule has 0 aromatic rings. The number of rotatable bonds is 11. The van der Waals surface area contributed by atoms with Crippen LogP contribution in [-0.4, -0.2) is 17.0 Å². The molecule has 0 atom stereocenters. The van der Waals surface area contributed by atoms with Gasteiger partial charge in [-0.3, -0.25) is 0 Å². The van der Waals surface area contributed by atoms with Crippen LogP contribution in [0, 0.1) is 0 Å². The van der Waals surface area contributed by atoms with E-state index in [4.69, 9.17) is 29.6 Å². The van der Waals surface area contributed by atoms with E-state index in [1.807, 2.05) is 41.5 Å². The van der Waals surface area contributed by atoms with E-state index in [-0.39, 0.29) is 0 Å². The van der Waals surface area contributed by atoms with Crippen LogP contribution in [0.25, 0.3) is 0 Å². The summed E-state index contributed by atoms with van der Waals surface area (Å²) in [5.74, 6) is -1.11. The Hall–Kier alpha value is -0.240. The van der Waals surface area contributed by atoms with Gasteiger partial charge >= 0.3 is 0 Å². The van der Waals surface area contributed by atoms with Crippen LogP contribution in [0.15, 0.2) is 0 Å². The quantitative estimate of drug-likeness (QED) is 0.230. The molecule has 0 saturated carbocycles. The van der Waals surface area contributed by atoms with Crippen molar-refractivity contribution in [2.45, 2.75) is 104 Å². The molecule has 0 N–H and O–H groups in total. The van der Waals surface area contributed by atoms with Gasteiger partial charge in [-0.25, -0.2) is 9.78 Å². The molecule has 0 radical (unpaired) electrons. The lowest BCUT2D eigenvalue weighted by Gasteiger charge is -2.28. The molecule has 0 aromatic heterocycles. The molecule has 6 nitrogen and oxygen atoms in total. The van der Waals surface area contributed by atoms with E-state index in [1.165, 1.54) is 0 Å². The molecule has 134 valence electrons. The van der Waals surface area contributed by atoms with Gasteiger partial charge in [-0.1, -0.05) is 36.3 Å². The van der Waals surface area contributed by atoms with Crippen molar-refractivity contribution in [3.8, 4) is 0 Å². The molecule has 0 fully saturated rings. The van der Waals surface area contributed by atoms with Crippen LogP contribution in [0.3, 0.4) is 0 Å². The van der Waals surface area contributed by atoms with E-state index in [0.717, 1.165) is 25.7 Å². The Kier molecular flexibility index (Phi) is 9.69. The molecule has 0 amide bonds. The third-order valence-corrected chi connectivity index (χ3v) is 2.47. The largest absolute Gasteiger partial charge is 0.237 e. The number of hydrogen-bond acceptors (Lipinski definition) is 6. The minimum atomic E-state index is -1.11. The Morgan fingerprint density at radius 2 is 1.05 bits per heavy atom. The second kappa shape index (κ2) is 9.80. The summed E-state index contributed by atoms with van der Waals surface area (Å²) >= 11 is 0. The molecule has 0 heterocycles. The highest BCUT2D eigenvalue weighted by Crippen LogP contribution is 2.24. The summed E-state index contributed by atoms with van der Waals surface area (Å²) < 4.78 is 0.